The molecule has 1 aromatic carbocycles. The van der Waals surface area contributed by atoms with E-state index in [9.17, 15) is 9.59 Å². The molecule has 1 amide bonds. The minimum absolute atomic E-state index is 0.00938. The number of nitrogens with zero attached hydrogens (tertiary/aromatic N) is 2. The summed E-state index contributed by atoms with van der Waals surface area (Å²) in [6, 6.07) is 5.66. The van der Waals surface area contributed by atoms with Crippen molar-refractivity contribution >= 4 is 11.9 Å². The van der Waals surface area contributed by atoms with Crippen molar-refractivity contribution in [2.45, 2.75) is 51.1 Å². The first kappa shape index (κ1) is 21.4. The summed E-state index contributed by atoms with van der Waals surface area (Å²) in [7, 11) is 3.25. The number of ether oxygens (including phenoxy) is 3. The quantitative estimate of drug-likeness (QED) is 0.651. The summed E-state index contributed by atoms with van der Waals surface area (Å²) in [5, 5.41) is 0. The van der Waals surface area contributed by atoms with E-state index in [-0.39, 0.29) is 17.9 Å². The molecule has 0 saturated carbocycles. The van der Waals surface area contributed by atoms with Crippen LogP contribution in [-0.2, 0) is 14.3 Å². The molecule has 7 heteroatoms. The molecule has 0 aromatic heterocycles. The Morgan fingerprint density at radius 2 is 1.83 bits per heavy atom. The minimum Gasteiger partial charge on any atom is -0.493 e. The van der Waals surface area contributed by atoms with E-state index in [1.54, 1.807) is 26.0 Å². The Labute approximate surface area is 172 Å². The Balaban J connectivity index is 1.71. The van der Waals surface area contributed by atoms with Crippen LogP contribution >= 0.6 is 0 Å². The van der Waals surface area contributed by atoms with Gasteiger partial charge >= 0.3 is 5.97 Å². The van der Waals surface area contributed by atoms with Gasteiger partial charge in [0.25, 0.3) is 0 Å². The predicted octanol–water partition coefficient (Wildman–Crippen LogP) is 2.78. The summed E-state index contributed by atoms with van der Waals surface area (Å²) >= 11 is 0. The number of piperidine rings is 1. The van der Waals surface area contributed by atoms with E-state index in [0.29, 0.717) is 37.6 Å². The van der Waals surface area contributed by atoms with Gasteiger partial charge in [-0.2, -0.15) is 0 Å². The first-order chi connectivity index (χ1) is 14.1. The van der Waals surface area contributed by atoms with Crippen LogP contribution in [0, 0.1) is 0 Å². The number of amides is 1. The summed E-state index contributed by atoms with van der Waals surface area (Å²) in [4.78, 5) is 29.4. The Morgan fingerprint density at radius 3 is 2.55 bits per heavy atom. The van der Waals surface area contributed by atoms with Gasteiger partial charge in [-0.1, -0.05) is 6.07 Å². The number of carbonyl (C=O) groups is 2. The maximum Gasteiger partial charge on any atom is 0.328 e. The van der Waals surface area contributed by atoms with Gasteiger partial charge in [0.1, 0.15) is 6.04 Å². The maximum absolute atomic E-state index is 13.1. The smallest absolute Gasteiger partial charge is 0.328 e. The van der Waals surface area contributed by atoms with Crippen LogP contribution in [0.3, 0.4) is 0 Å². The fraction of sp³-hybridized carbons (Fsp3) is 0.636. The summed E-state index contributed by atoms with van der Waals surface area (Å²) < 4.78 is 16.0. The fourth-order valence-corrected chi connectivity index (χ4v) is 4.43. The van der Waals surface area contributed by atoms with E-state index >= 15 is 0 Å². The highest BCUT2D eigenvalue weighted by atomic mass is 16.5. The molecule has 0 aliphatic carbocycles. The van der Waals surface area contributed by atoms with Crippen LogP contribution in [0.4, 0.5) is 0 Å². The lowest BCUT2D eigenvalue weighted by atomic mass is 10.0. The number of rotatable bonds is 7. The summed E-state index contributed by atoms with van der Waals surface area (Å²) in [5.41, 5.74) is 1.12. The molecule has 0 bridgehead atoms. The summed E-state index contributed by atoms with van der Waals surface area (Å²) in [6.45, 7) is 3.93. The molecule has 2 atom stereocenters. The second kappa shape index (κ2) is 9.96. The van der Waals surface area contributed by atoms with Gasteiger partial charge in [-0.15, -0.1) is 0 Å². The monoisotopic (exact) mass is 404 g/mol. The molecule has 3 rings (SSSR count). The first-order valence-corrected chi connectivity index (χ1v) is 10.5. The number of hydrogen-bond donors (Lipinski definition) is 0. The minimum atomic E-state index is -0.446. The average molecular weight is 405 g/mol. The average Bonchev–Trinajstić information content (AvgIpc) is 3.21. The fourth-order valence-electron chi connectivity index (χ4n) is 4.43. The normalized spacial score (nSPS) is 22.4. The molecule has 2 saturated heterocycles. The van der Waals surface area contributed by atoms with Crippen molar-refractivity contribution in [1.29, 1.82) is 0 Å². The van der Waals surface area contributed by atoms with E-state index in [0.717, 1.165) is 37.8 Å². The van der Waals surface area contributed by atoms with Crippen molar-refractivity contribution in [3.05, 3.63) is 23.8 Å². The van der Waals surface area contributed by atoms with Gasteiger partial charge in [0.15, 0.2) is 11.5 Å². The molecular formula is C22H32N2O5. The SMILES string of the molecule is CCOC(=O)C1CCCCN1C(=O)CN1CCCC1c1ccc(OC)c(OC)c1. The molecule has 0 spiro atoms. The molecule has 29 heavy (non-hydrogen) atoms. The van der Waals surface area contributed by atoms with E-state index in [1.165, 1.54) is 0 Å². The highest BCUT2D eigenvalue weighted by Gasteiger charge is 2.36. The molecule has 2 aliphatic rings. The van der Waals surface area contributed by atoms with Gasteiger partial charge in [0, 0.05) is 12.6 Å². The van der Waals surface area contributed by atoms with Crippen LogP contribution in [0.15, 0.2) is 18.2 Å². The van der Waals surface area contributed by atoms with E-state index in [4.69, 9.17) is 14.2 Å². The Kier molecular flexibility index (Phi) is 7.36. The molecule has 1 aromatic rings. The lowest BCUT2D eigenvalue weighted by Crippen LogP contribution is -2.51. The second-order valence-electron chi connectivity index (χ2n) is 7.59. The Morgan fingerprint density at radius 1 is 1.03 bits per heavy atom. The molecule has 2 heterocycles. The number of likely N-dealkylation sites (tertiary alicyclic amines) is 2. The number of carbonyl (C=O) groups excluding carboxylic acids is 2. The molecule has 0 radical (unpaired) electrons. The number of methoxy groups -OCH3 is 2. The van der Waals surface area contributed by atoms with Crippen molar-refractivity contribution in [3.63, 3.8) is 0 Å². The lowest BCUT2D eigenvalue weighted by Gasteiger charge is -2.36. The van der Waals surface area contributed by atoms with Crippen LogP contribution in [0.25, 0.3) is 0 Å². The van der Waals surface area contributed by atoms with Gasteiger partial charge in [-0.25, -0.2) is 4.79 Å². The third kappa shape index (κ3) is 4.83. The Bertz CT molecular complexity index is 723. The molecule has 7 nitrogen and oxygen atoms in total. The zero-order chi connectivity index (χ0) is 20.8. The highest BCUT2D eigenvalue weighted by molar-refractivity contribution is 5.86. The number of benzene rings is 1. The van der Waals surface area contributed by atoms with Crippen LogP contribution in [-0.4, -0.2) is 68.2 Å². The standard InChI is InChI=1S/C22H32N2O5/c1-4-29-22(26)18-8-5-6-13-24(18)21(25)15-23-12-7-9-17(23)16-10-11-19(27-2)20(14-16)28-3/h10-11,14,17-18H,4-9,12-13,15H2,1-3H3. The van der Waals surface area contributed by atoms with Crippen LogP contribution in [0.1, 0.15) is 50.6 Å². The molecular weight excluding hydrogens is 372 g/mol. The van der Waals surface area contributed by atoms with Crippen molar-refractivity contribution in [2.75, 3.05) is 40.5 Å². The number of hydrogen-bond acceptors (Lipinski definition) is 6. The zero-order valence-corrected chi connectivity index (χ0v) is 17.7. The van der Waals surface area contributed by atoms with Crippen LogP contribution in [0.2, 0.25) is 0 Å². The zero-order valence-electron chi connectivity index (χ0n) is 17.7. The van der Waals surface area contributed by atoms with Crippen molar-refractivity contribution in [1.82, 2.24) is 9.80 Å². The summed E-state index contributed by atoms with van der Waals surface area (Å²) in [5.74, 6) is 1.12. The van der Waals surface area contributed by atoms with Crippen molar-refractivity contribution < 1.29 is 23.8 Å². The van der Waals surface area contributed by atoms with Gasteiger partial charge in [0.2, 0.25) is 5.91 Å². The lowest BCUT2D eigenvalue weighted by molar-refractivity contribution is -0.157. The van der Waals surface area contributed by atoms with E-state index in [1.807, 2.05) is 18.2 Å². The van der Waals surface area contributed by atoms with Crippen molar-refractivity contribution in [2.24, 2.45) is 0 Å². The number of esters is 1. The molecule has 160 valence electrons. The predicted molar refractivity (Wildman–Crippen MR) is 109 cm³/mol. The van der Waals surface area contributed by atoms with Crippen LogP contribution in [0.5, 0.6) is 11.5 Å². The Hall–Kier alpha value is -2.28. The van der Waals surface area contributed by atoms with Crippen molar-refractivity contribution in [3.8, 4) is 11.5 Å². The molecule has 2 fully saturated rings. The summed E-state index contributed by atoms with van der Waals surface area (Å²) in [6.07, 6.45) is 4.59. The largest absolute Gasteiger partial charge is 0.493 e. The highest BCUT2D eigenvalue weighted by Crippen LogP contribution is 2.37. The maximum atomic E-state index is 13.1. The topological polar surface area (TPSA) is 68.3 Å². The van der Waals surface area contributed by atoms with Gasteiger partial charge < -0.3 is 19.1 Å². The van der Waals surface area contributed by atoms with E-state index < -0.39 is 6.04 Å². The molecule has 0 N–H and O–H groups in total. The van der Waals surface area contributed by atoms with Gasteiger partial charge in [-0.05, 0) is 63.3 Å². The van der Waals surface area contributed by atoms with Gasteiger partial charge in [0.05, 0.1) is 27.4 Å². The molecule has 2 aliphatic heterocycles. The molecule has 2 unspecified atom stereocenters. The van der Waals surface area contributed by atoms with Gasteiger partial charge in [-0.3, -0.25) is 9.69 Å². The third-order valence-corrected chi connectivity index (χ3v) is 5.88. The van der Waals surface area contributed by atoms with E-state index in [2.05, 4.69) is 4.90 Å². The van der Waals surface area contributed by atoms with Crippen LogP contribution < -0.4 is 9.47 Å². The third-order valence-electron chi connectivity index (χ3n) is 5.88. The second-order valence-corrected chi connectivity index (χ2v) is 7.59. The first-order valence-electron chi connectivity index (χ1n) is 10.5.